The number of amides is 1. The number of benzene rings is 1. The molecule has 2 N–H and O–H groups in total. The normalized spacial score (nSPS) is 19.0. The highest BCUT2D eigenvalue weighted by molar-refractivity contribution is 9.10. The van der Waals surface area contributed by atoms with E-state index in [1.807, 2.05) is 0 Å². The van der Waals surface area contributed by atoms with E-state index in [0.717, 1.165) is 6.07 Å². The Morgan fingerprint density at radius 2 is 2.19 bits per heavy atom. The van der Waals surface area contributed by atoms with Crippen LogP contribution in [0.25, 0.3) is 0 Å². The van der Waals surface area contributed by atoms with Crippen LogP contribution in [0.5, 0.6) is 0 Å². The third kappa shape index (κ3) is 3.42. The van der Waals surface area contributed by atoms with Crippen molar-refractivity contribution in [2.75, 3.05) is 20.2 Å². The van der Waals surface area contributed by atoms with Crippen LogP contribution in [-0.2, 0) is 14.8 Å². The second kappa shape index (κ2) is 5.99. The van der Waals surface area contributed by atoms with Crippen LogP contribution in [0.3, 0.4) is 0 Å². The van der Waals surface area contributed by atoms with Gasteiger partial charge in [-0.15, -0.1) is 0 Å². The Labute approximate surface area is 130 Å². The van der Waals surface area contributed by atoms with Crippen molar-refractivity contribution in [1.82, 2.24) is 4.90 Å². The van der Waals surface area contributed by atoms with E-state index < -0.39 is 26.6 Å². The van der Waals surface area contributed by atoms with Gasteiger partial charge < -0.3 is 9.64 Å². The summed E-state index contributed by atoms with van der Waals surface area (Å²) in [6, 6.07) is 2.27. The van der Waals surface area contributed by atoms with Crippen LogP contribution in [0, 0.1) is 5.82 Å². The van der Waals surface area contributed by atoms with Crippen LogP contribution in [0.4, 0.5) is 4.39 Å². The van der Waals surface area contributed by atoms with E-state index in [0.29, 0.717) is 19.5 Å². The van der Waals surface area contributed by atoms with Gasteiger partial charge in [-0.1, -0.05) is 15.9 Å². The standard InChI is InChI=1S/C12H14BrFN2O4S/c1-20-8-2-3-16(6-8)12(17)9-4-7(13)5-10(11(9)14)21(15,18)19/h4-5,8H,2-3,6H2,1H3,(H2,15,18,19). The van der Waals surface area contributed by atoms with Gasteiger partial charge in [0.25, 0.3) is 5.91 Å². The van der Waals surface area contributed by atoms with Crippen molar-refractivity contribution in [2.24, 2.45) is 5.14 Å². The molecule has 0 aliphatic carbocycles. The number of halogens is 2. The molecule has 1 heterocycles. The zero-order valence-corrected chi connectivity index (χ0v) is 13.6. The summed E-state index contributed by atoms with van der Waals surface area (Å²) in [6.45, 7) is 0.764. The van der Waals surface area contributed by atoms with Gasteiger partial charge in [-0.25, -0.2) is 17.9 Å². The quantitative estimate of drug-likeness (QED) is 0.849. The Morgan fingerprint density at radius 1 is 1.52 bits per heavy atom. The van der Waals surface area contributed by atoms with E-state index in [1.54, 1.807) is 0 Å². The molecule has 2 rings (SSSR count). The highest BCUT2D eigenvalue weighted by atomic mass is 79.9. The molecule has 1 unspecified atom stereocenters. The monoisotopic (exact) mass is 380 g/mol. The predicted molar refractivity (Wildman–Crippen MR) is 76.8 cm³/mol. The van der Waals surface area contributed by atoms with Crippen LogP contribution >= 0.6 is 15.9 Å². The minimum absolute atomic E-state index is 0.0955. The molecule has 1 atom stereocenters. The van der Waals surface area contributed by atoms with Crippen molar-refractivity contribution < 1.29 is 22.3 Å². The van der Waals surface area contributed by atoms with Crippen molar-refractivity contribution in [1.29, 1.82) is 0 Å². The zero-order valence-electron chi connectivity index (χ0n) is 11.2. The summed E-state index contributed by atoms with van der Waals surface area (Å²) in [5, 5.41) is 4.96. The largest absolute Gasteiger partial charge is 0.380 e. The number of hydrogen-bond acceptors (Lipinski definition) is 4. The average Bonchev–Trinajstić information content (AvgIpc) is 2.87. The van der Waals surface area contributed by atoms with Crippen molar-refractivity contribution in [3.8, 4) is 0 Å². The molecule has 1 fully saturated rings. The van der Waals surface area contributed by atoms with Crippen LogP contribution in [0.2, 0.25) is 0 Å². The first-order chi connectivity index (χ1) is 9.74. The number of rotatable bonds is 3. The SMILES string of the molecule is COC1CCN(C(=O)c2cc(Br)cc(S(N)(=O)=O)c2F)C1. The highest BCUT2D eigenvalue weighted by Gasteiger charge is 2.30. The lowest BCUT2D eigenvalue weighted by Gasteiger charge is -2.17. The lowest BCUT2D eigenvalue weighted by molar-refractivity contribution is 0.0719. The van der Waals surface area contributed by atoms with Crippen LogP contribution in [0.15, 0.2) is 21.5 Å². The fourth-order valence-corrected chi connectivity index (χ4v) is 3.46. The summed E-state index contributed by atoms with van der Waals surface area (Å²) in [4.78, 5) is 13.1. The van der Waals surface area contributed by atoms with Gasteiger partial charge in [0.1, 0.15) is 4.90 Å². The van der Waals surface area contributed by atoms with Gasteiger partial charge in [-0.3, -0.25) is 4.79 Å². The number of nitrogens with two attached hydrogens (primary N) is 1. The molecule has 6 nitrogen and oxygen atoms in total. The van der Waals surface area contributed by atoms with Gasteiger partial charge >= 0.3 is 0 Å². The Morgan fingerprint density at radius 3 is 2.71 bits per heavy atom. The molecular weight excluding hydrogens is 367 g/mol. The summed E-state index contributed by atoms with van der Waals surface area (Å²) in [5.74, 6) is -1.72. The average molecular weight is 381 g/mol. The van der Waals surface area contributed by atoms with Gasteiger partial charge in [0, 0.05) is 24.7 Å². The van der Waals surface area contributed by atoms with E-state index >= 15 is 0 Å². The molecule has 1 amide bonds. The molecule has 0 spiro atoms. The number of primary sulfonamides is 1. The number of carbonyl (C=O) groups excluding carboxylic acids is 1. The Hall–Kier alpha value is -1.03. The Bertz CT molecular complexity index is 680. The Balaban J connectivity index is 2.41. The topological polar surface area (TPSA) is 89.7 Å². The maximum Gasteiger partial charge on any atom is 0.257 e. The van der Waals surface area contributed by atoms with Crippen LogP contribution < -0.4 is 5.14 Å². The molecular formula is C12H14BrFN2O4S. The molecule has 9 heteroatoms. The van der Waals surface area contributed by atoms with Gasteiger partial charge in [0.05, 0.1) is 11.7 Å². The number of hydrogen-bond donors (Lipinski definition) is 1. The summed E-state index contributed by atoms with van der Waals surface area (Å²) in [6.07, 6.45) is 0.557. The molecule has 0 radical (unpaired) electrons. The summed E-state index contributed by atoms with van der Waals surface area (Å²) >= 11 is 3.06. The predicted octanol–water partition coefficient (Wildman–Crippen LogP) is 1.10. The van der Waals surface area contributed by atoms with Crippen molar-refractivity contribution in [3.63, 3.8) is 0 Å². The van der Waals surface area contributed by atoms with E-state index in [9.17, 15) is 17.6 Å². The fourth-order valence-electron chi connectivity index (χ4n) is 2.20. The van der Waals surface area contributed by atoms with Crippen molar-refractivity contribution in [3.05, 3.63) is 28.0 Å². The molecule has 1 aromatic rings. The number of carbonyl (C=O) groups is 1. The van der Waals surface area contributed by atoms with Gasteiger partial charge in [-0.05, 0) is 18.6 Å². The van der Waals surface area contributed by atoms with E-state index in [-0.39, 0.29) is 16.1 Å². The van der Waals surface area contributed by atoms with Crippen molar-refractivity contribution in [2.45, 2.75) is 17.4 Å². The number of ether oxygens (including phenoxy) is 1. The smallest absolute Gasteiger partial charge is 0.257 e. The first-order valence-electron chi connectivity index (χ1n) is 6.08. The summed E-state index contributed by atoms with van der Waals surface area (Å²) in [7, 11) is -2.71. The molecule has 1 aliphatic rings. The lowest BCUT2D eigenvalue weighted by Crippen LogP contribution is -2.31. The van der Waals surface area contributed by atoms with Crippen LogP contribution in [-0.4, -0.2) is 45.5 Å². The second-order valence-corrected chi connectivity index (χ2v) is 7.15. The number of nitrogens with zero attached hydrogens (tertiary/aromatic N) is 1. The molecule has 116 valence electrons. The fraction of sp³-hybridized carbons (Fsp3) is 0.417. The third-order valence-electron chi connectivity index (χ3n) is 3.31. The Kier molecular flexibility index (Phi) is 4.66. The molecule has 0 bridgehead atoms. The van der Waals surface area contributed by atoms with E-state index in [4.69, 9.17) is 9.88 Å². The highest BCUT2D eigenvalue weighted by Crippen LogP contribution is 2.25. The molecule has 1 aliphatic heterocycles. The first-order valence-corrected chi connectivity index (χ1v) is 8.42. The summed E-state index contributed by atoms with van der Waals surface area (Å²) < 4.78 is 42.4. The zero-order chi connectivity index (χ0) is 15.8. The minimum Gasteiger partial charge on any atom is -0.380 e. The number of sulfonamides is 1. The molecule has 0 aromatic heterocycles. The van der Waals surface area contributed by atoms with Gasteiger partial charge in [0.2, 0.25) is 10.0 Å². The van der Waals surface area contributed by atoms with E-state index in [2.05, 4.69) is 15.9 Å². The number of methoxy groups -OCH3 is 1. The second-order valence-electron chi connectivity index (χ2n) is 4.71. The molecule has 0 saturated carbocycles. The molecule has 1 aromatic carbocycles. The van der Waals surface area contributed by atoms with Gasteiger partial charge in [-0.2, -0.15) is 0 Å². The number of likely N-dealkylation sites (tertiary alicyclic amines) is 1. The van der Waals surface area contributed by atoms with E-state index in [1.165, 1.54) is 18.1 Å². The van der Waals surface area contributed by atoms with Crippen molar-refractivity contribution >= 4 is 31.9 Å². The first kappa shape index (κ1) is 16.3. The summed E-state index contributed by atoms with van der Waals surface area (Å²) in [5.41, 5.74) is -0.329. The molecule has 1 saturated heterocycles. The lowest BCUT2D eigenvalue weighted by atomic mass is 10.2. The third-order valence-corrected chi connectivity index (χ3v) is 4.67. The minimum atomic E-state index is -4.25. The maximum atomic E-state index is 14.3. The van der Waals surface area contributed by atoms with Gasteiger partial charge in [0.15, 0.2) is 5.82 Å². The molecule has 21 heavy (non-hydrogen) atoms. The van der Waals surface area contributed by atoms with Crippen LogP contribution in [0.1, 0.15) is 16.8 Å². The maximum absolute atomic E-state index is 14.3.